The van der Waals surface area contributed by atoms with E-state index in [1.807, 2.05) is 18.3 Å². The van der Waals surface area contributed by atoms with Gasteiger partial charge in [-0.3, -0.25) is 9.80 Å². The summed E-state index contributed by atoms with van der Waals surface area (Å²) in [6.07, 6.45) is 22.4. The van der Waals surface area contributed by atoms with Gasteiger partial charge < -0.3 is 28.6 Å². The first-order valence-electron chi connectivity index (χ1n) is 33.2. The number of hydrogen-bond acceptors (Lipinski definition) is 18. The number of aromatic nitrogens is 6. The molecule has 2 unspecified atom stereocenters. The van der Waals surface area contributed by atoms with Crippen molar-refractivity contribution in [2.24, 2.45) is 0 Å². The Balaban J connectivity index is 0.000000136. The molecule has 0 radical (unpaired) electrons. The van der Waals surface area contributed by atoms with Gasteiger partial charge in [0.1, 0.15) is 10.0 Å². The van der Waals surface area contributed by atoms with Crippen LogP contribution in [0.4, 0.5) is 0 Å². The fourth-order valence-electron chi connectivity index (χ4n) is 13.9. The summed E-state index contributed by atoms with van der Waals surface area (Å²) < 4.78 is 81.1. The first-order chi connectivity index (χ1) is 45.3. The second-order valence-corrected chi connectivity index (χ2v) is 33.3. The fourth-order valence-corrected chi connectivity index (χ4v) is 18.8. The van der Waals surface area contributed by atoms with Crippen molar-refractivity contribution >= 4 is 93.4 Å². The zero-order chi connectivity index (χ0) is 65.4. The highest BCUT2D eigenvalue weighted by atomic mass is 79.9. The van der Waals surface area contributed by atoms with Gasteiger partial charge in [0, 0.05) is 112 Å². The zero-order valence-corrected chi connectivity index (χ0v) is 59.6. The minimum atomic E-state index is -3.83. The number of rotatable bonds is 12. The minimum absolute atomic E-state index is 0.152. The Hall–Kier alpha value is -5.32. The molecular formula is C70H86BBrN10O8S4. The molecule has 11 heterocycles. The average Bonchev–Trinajstić information content (AvgIpc) is 1.59. The number of fused-ring (bicyclic) bond motifs is 2. The molecule has 18 nitrogen and oxygen atoms in total. The van der Waals surface area contributed by atoms with Crippen molar-refractivity contribution in [3.8, 4) is 21.1 Å². The molecule has 24 heteroatoms. The summed E-state index contributed by atoms with van der Waals surface area (Å²) in [7, 11) is -3.45. The maximum atomic E-state index is 13.8. The van der Waals surface area contributed by atoms with E-state index < -0.39 is 20.0 Å². The third kappa shape index (κ3) is 14.5. The van der Waals surface area contributed by atoms with E-state index in [1.165, 1.54) is 25.4 Å². The zero-order valence-electron chi connectivity index (χ0n) is 54.7. The highest BCUT2D eigenvalue weighted by Gasteiger charge is 2.52. The number of pyridine rings is 2. The average molecular weight is 1410 g/mol. The highest BCUT2D eigenvalue weighted by molar-refractivity contribution is 9.10. The smallest absolute Gasteiger partial charge is 0.400 e. The topological polar surface area (TPSA) is 180 Å². The molecule has 5 aliphatic heterocycles. The van der Waals surface area contributed by atoms with E-state index in [0.717, 1.165) is 190 Å². The predicted molar refractivity (Wildman–Crippen MR) is 379 cm³/mol. The lowest BCUT2D eigenvalue weighted by atomic mass is 9.71. The molecule has 7 aliphatic rings. The standard InChI is InChI=1S/C32H37N5O3S2.C22H21BrN4O2S2.C16H28BNO3/c1-35-13-11-24(12-14-35)30-22-41-32(34-30)29-21-37(42(38,39)27-5-3-2-4-6-27)31-28(29)19-25(20-33-31)23-7-9-26(10-8-23)36-15-17-40-18-16-36;1-26-9-7-15(8-10-26)20-14-30-22(25-20)19-13-27(21-18(19)11-16(23)12-24-21)31(28,29)17-5-3-2-4-6-17;1-15(2)16(3,4)21-17(20-15)13-5-7-14(8-6-13)18-9-11-19-12-10-18/h2-7,19-22,24,26H,8-18H2,1H3;2-6,11-15H,7-10H2,1H3;5,14H,6-12H2,1-4H3. The normalized spacial score (nSPS) is 22.4. The molecule has 94 heavy (non-hydrogen) atoms. The first-order valence-corrected chi connectivity index (χ1v) is 38.7. The van der Waals surface area contributed by atoms with Crippen LogP contribution >= 0.6 is 38.6 Å². The molecule has 5 fully saturated rings. The van der Waals surface area contributed by atoms with Crippen molar-refractivity contribution in [3.63, 3.8) is 0 Å². The molecule has 0 spiro atoms. The fraction of sp³-hybridized carbons (Fsp3) is 0.486. The van der Waals surface area contributed by atoms with Crippen molar-refractivity contribution in [2.75, 3.05) is 92.9 Å². The summed E-state index contributed by atoms with van der Waals surface area (Å²) in [5, 5.41) is 7.53. The maximum absolute atomic E-state index is 13.8. The maximum Gasteiger partial charge on any atom is 0.490 e. The van der Waals surface area contributed by atoms with Crippen LogP contribution in [0.15, 0.2) is 140 Å². The summed E-state index contributed by atoms with van der Waals surface area (Å²) >= 11 is 6.63. The van der Waals surface area contributed by atoms with E-state index >= 15 is 0 Å². The highest BCUT2D eigenvalue weighted by Crippen LogP contribution is 2.43. The first kappa shape index (κ1) is 67.3. The summed E-state index contributed by atoms with van der Waals surface area (Å²) in [6, 6.07) is 22.3. The summed E-state index contributed by atoms with van der Waals surface area (Å²) in [6.45, 7) is 20.3. The van der Waals surface area contributed by atoms with Crippen LogP contribution in [0.2, 0.25) is 0 Å². The lowest BCUT2D eigenvalue weighted by Gasteiger charge is -2.36. The van der Waals surface area contributed by atoms with Crippen LogP contribution in [0.25, 0.3) is 48.8 Å². The Kier molecular flexibility index (Phi) is 20.5. The molecule has 0 amide bonds. The monoisotopic (exact) mass is 1410 g/mol. The van der Waals surface area contributed by atoms with Crippen molar-refractivity contribution in [1.82, 2.24) is 47.5 Å². The van der Waals surface area contributed by atoms with Crippen LogP contribution in [0, 0.1) is 0 Å². The Morgan fingerprint density at radius 2 is 1.01 bits per heavy atom. The molecule has 15 rings (SSSR count). The lowest BCUT2D eigenvalue weighted by molar-refractivity contribution is 0.00578. The summed E-state index contributed by atoms with van der Waals surface area (Å²) in [4.78, 5) is 29.5. The molecular weight excluding hydrogens is 1330 g/mol. The molecule has 2 atom stereocenters. The molecule has 8 aromatic rings. The summed E-state index contributed by atoms with van der Waals surface area (Å²) in [5.41, 5.74) is 7.87. The van der Waals surface area contributed by atoms with E-state index in [1.54, 1.807) is 95.9 Å². The van der Waals surface area contributed by atoms with E-state index in [-0.39, 0.29) is 28.1 Å². The number of halogens is 1. The van der Waals surface area contributed by atoms with Crippen molar-refractivity contribution in [2.45, 2.75) is 137 Å². The van der Waals surface area contributed by atoms with Crippen molar-refractivity contribution in [1.29, 1.82) is 0 Å². The molecule has 0 saturated carbocycles. The molecule has 0 N–H and O–H groups in total. The van der Waals surface area contributed by atoms with Gasteiger partial charge in [0.05, 0.1) is 58.8 Å². The van der Waals surface area contributed by atoms with Gasteiger partial charge in [-0.15, -0.1) is 22.7 Å². The van der Waals surface area contributed by atoms with Crippen LogP contribution < -0.4 is 0 Å². The van der Waals surface area contributed by atoms with E-state index in [2.05, 4.69) is 111 Å². The van der Waals surface area contributed by atoms with Crippen LogP contribution in [-0.2, 0) is 38.8 Å². The van der Waals surface area contributed by atoms with Crippen LogP contribution in [0.3, 0.4) is 0 Å². The third-order valence-electron chi connectivity index (χ3n) is 20.4. The number of hydrogen-bond donors (Lipinski definition) is 0. The Labute approximate surface area is 570 Å². The van der Waals surface area contributed by atoms with E-state index in [4.69, 9.17) is 33.7 Å². The number of morpholine rings is 2. The van der Waals surface area contributed by atoms with Gasteiger partial charge in [-0.1, -0.05) is 48.6 Å². The SMILES string of the molecule is CC1(C)OB(C2=CCC(N3CCOCC3)CC2)OC1(C)C.CN1CCC(c2csc(-c3cn(S(=O)(=O)c4ccccc4)c4ncc(Br)cc34)n2)CC1.CN1CCC(c2csc(-c3cn(S(=O)(=O)c4ccccc4)c4ncc(C5=CCC(N6CCOCC6)CC5)cc34)n2)CC1. The molecule has 2 aromatic carbocycles. The lowest BCUT2D eigenvalue weighted by Crippen LogP contribution is -2.44. The largest absolute Gasteiger partial charge is 0.490 e. The van der Waals surface area contributed by atoms with E-state index in [9.17, 15) is 16.8 Å². The van der Waals surface area contributed by atoms with E-state index in [0.29, 0.717) is 35.2 Å². The molecule has 498 valence electrons. The number of ether oxygens (including phenoxy) is 2. The van der Waals surface area contributed by atoms with Crippen molar-refractivity contribution < 1.29 is 35.6 Å². The van der Waals surface area contributed by atoms with Gasteiger partial charge in [-0.05, 0) is 201 Å². The quantitative estimate of drug-likeness (QED) is 0.105. The van der Waals surface area contributed by atoms with Gasteiger partial charge in [-0.2, -0.15) is 0 Å². The third-order valence-corrected chi connectivity index (χ3v) is 26.0. The second kappa shape index (κ2) is 28.6. The summed E-state index contributed by atoms with van der Waals surface area (Å²) in [5.74, 6) is 0.889. The van der Waals surface area contributed by atoms with Gasteiger partial charge in [0.2, 0.25) is 0 Å². The number of benzene rings is 2. The Morgan fingerprint density at radius 3 is 1.46 bits per heavy atom. The predicted octanol–water partition coefficient (Wildman–Crippen LogP) is 12.9. The molecule has 0 bridgehead atoms. The van der Waals surface area contributed by atoms with Crippen LogP contribution in [-0.4, -0.2) is 188 Å². The number of thiazole rings is 2. The van der Waals surface area contributed by atoms with Crippen LogP contribution in [0.1, 0.15) is 121 Å². The van der Waals surface area contributed by atoms with Crippen LogP contribution in [0.5, 0.6) is 0 Å². The van der Waals surface area contributed by atoms with Gasteiger partial charge in [-0.25, -0.2) is 44.7 Å². The second-order valence-electron chi connectivity index (χ2n) is 27.0. The van der Waals surface area contributed by atoms with Crippen molar-refractivity contribution in [3.05, 3.63) is 147 Å². The van der Waals surface area contributed by atoms with Gasteiger partial charge >= 0.3 is 7.12 Å². The Morgan fingerprint density at radius 1 is 0.564 bits per heavy atom. The minimum Gasteiger partial charge on any atom is -0.400 e. The number of piperidine rings is 2. The molecule has 2 aliphatic carbocycles. The molecule has 5 saturated heterocycles. The number of likely N-dealkylation sites (tertiary alicyclic amines) is 2. The Bertz CT molecular complexity index is 4230. The number of allylic oxidation sites excluding steroid dienone is 2. The molecule has 6 aromatic heterocycles. The van der Waals surface area contributed by atoms with Gasteiger partial charge in [0.25, 0.3) is 20.0 Å². The number of nitrogens with zero attached hydrogens (tertiary/aromatic N) is 10. The van der Waals surface area contributed by atoms with Gasteiger partial charge in [0.15, 0.2) is 11.3 Å².